The molecule has 2 heterocycles. The Kier molecular flexibility index (Phi) is 6.28. The summed E-state index contributed by atoms with van der Waals surface area (Å²) in [6.45, 7) is 1.67. The number of nitrogens with one attached hydrogen (secondary N) is 2. The Morgan fingerprint density at radius 3 is 2.47 bits per heavy atom. The normalized spacial score (nSPS) is 11.0. The van der Waals surface area contributed by atoms with Crippen molar-refractivity contribution in [1.29, 1.82) is 0 Å². The lowest BCUT2D eigenvalue weighted by molar-refractivity contribution is -0.128. The van der Waals surface area contributed by atoms with Crippen molar-refractivity contribution < 1.29 is 23.2 Å². The van der Waals surface area contributed by atoms with Crippen LogP contribution >= 0.6 is 0 Å². The van der Waals surface area contributed by atoms with Crippen LogP contribution in [-0.2, 0) is 4.79 Å². The number of halogens is 3. The van der Waals surface area contributed by atoms with Gasteiger partial charge in [0.25, 0.3) is 5.56 Å². The quantitative estimate of drug-likeness (QED) is 0.295. The van der Waals surface area contributed by atoms with Gasteiger partial charge in [0.05, 0.1) is 5.69 Å². The molecule has 8 nitrogen and oxygen atoms in total. The second-order valence-corrected chi connectivity index (χ2v) is 7.38. The molecule has 174 valence electrons. The number of hydroxylamine groups is 1. The summed E-state index contributed by atoms with van der Waals surface area (Å²) in [5.74, 6) is -3.11. The van der Waals surface area contributed by atoms with Crippen LogP contribution in [0.1, 0.15) is 12.0 Å². The molecule has 34 heavy (non-hydrogen) atoms. The zero-order valence-corrected chi connectivity index (χ0v) is 17.8. The molecule has 3 N–H and O–H groups in total. The Hall–Kier alpha value is -4.25. The molecule has 0 spiro atoms. The van der Waals surface area contributed by atoms with Crippen LogP contribution in [0.3, 0.4) is 0 Å². The number of carbonyl (C=O) groups is 1. The van der Waals surface area contributed by atoms with Crippen molar-refractivity contribution >= 4 is 22.9 Å². The maximum absolute atomic E-state index is 14.6. The average Bonchev–Trinajstić information content (AvgIpc) is 2.79. The molecule has 0 aliphatic heterocycles. The molecule has 0 saturated heterocycles. The minimum atomic E-state index is -0.971. The van der Waals surface area contributed by atoms with E-state index in [1.165, 1.54) is 35.8 Å². The molecule has 1 amide bonds. The Bertz CT molecular complexity index is 1450. The number of carbonyl (C=O) groups excluding carboxylic acids is 1. The van der Waals surface area contributed by atoms with Crippen LogP contribution in [0, 0.1) is 24.4 Å². The summed E-state index contributed by atoms with van der Waals surface area (Å²) < 4.78 is 43.8. The molecule has 0 atom stereocenters. The Morgan fingerprint density at radius 2 is 1.79 bits per heavy atom. The van der Waals surface area contributed by atoms with Gasteiger partial charge in [-0.2, -0.15) is 4.98 Å². The zero-order chi connectivity index (χ0) is 24.4. The molecule has 0 radical (unpaired) electrons. The van der Waals surface area contributed by atoms with E-state index >= 15 is 0 Å². The topological polar surface area (TPSA) is 109 Å². The first-order valence-corrected chi connectivity index (χ1v) is 10.1. The number of pyridine rings is 1. The van der Waals surface area contributed by atoms with Gasteiger partial charge in [0, 0.05) is 30.0 Å². The van der Waals surface area contributed by atoms with Crippen LogP contribution in [-0.4, -0.2) is 32.2 Å². The summed E-state index contributed by atoms with van der Waals surface area (Å²) in [5, 5.41) is 11.8. The van der Waals surface area contributed by atoms with E-state index in [-0.39, 0.29) is 35.6 Å². The molecule has 0 saturated carbocycles. The number of para-hydroxylation sites is 1. The van der Waals surface area contributed by atoms with Crippen LogP contribution in [0.5, 0.6) is 0 Å². The minimum Gasteiger partial charge on any atom is -0.354 e. The fourth-order valence-corrected chi connectivity index (χ4v) is 3.55. The van der Waals surface area contributed by atoms with Crippen molar-refractivity contribution in [3.63, 3.8) is 0 Å². The van der Waals surface area contributed by atoms with E-state index in [1.807, 2.05) is 0 Å². The number of fused-ring (bicyclic) bond motifs is 1. The van der Waals surface area contributed by atoms with Gasteiger partial charge in [-0.1, -0.05) is 6.07 Å². The average molecular weight is 469 g/mol. The van der Waals surface area contributed by atoms with Gasteiger partial charge in [-0.15, -0.1) is 0 Å². The molecule has 11 heteroatoms. The molecule has 0 unspecified atom stereocenters. The molecule has 4 aromatic rings. The van der Waals surface area contributed by atoms with E-state index in [0.29, 0.717) is 11.1 Å². The third-order valence-electron chi connectivity index (χ3n) is 5.11. The lowest BCUT2D eigenvalue weighted by atomic mass is 10.0. The number of hydrogen-bond acceptors (Lipinski definition) is 6. The number of amides is 1. The van der Waals surface area contributed by atoms with Gasteiger partial charge in [0.1, 0.15) is 23.1 Å². The maximum Gasteiger partial charge on any atom is 0.256 e. The van der Waals surface area contributed by atoms with Crippen molar-refractivity contribution in [2.75, 3.05) is 11.9 Å². The zero-order valence-electron chi connectivity index (χ0n) is 17.8. The van der Waals surface area contributed by atoms with Crippen molar-refractivity contribution in [2.24, 2.45) is 0 Å². The first-order chi connectivity index (χ1) is 16.3. The summed E-state index contributed by atoms with van der Waals surface area (Å²) in [7, 11) is 0. The number of rotatable bonds is 6. The van der Waals surface area contributed by atoms with Crippen LogP contribution in [0.2, 0.25) is 0 Å². The molecular formula is C23H18F3N5O3. The molecular weight excluding hydrogens is 451 g/mol. The fourth-order valence-electron chi connectivity index (χ4n) is 3.55. The first kappa shape index (κ1) is 22.9. The van der Waals surface area contributed by atoms with Crippen molar-refractivity contribution in [2.45, 2.75) is 13.3 Å². The Balaban J connectivity index is 2.01. The van der Waals surface area contributed by atoms with Gasteiger partial charge in [-0.05, 0) is 48.9 Å². The smallest absolute Gasteiger partial charge is 0.256 e. The van der Waals surface area contributed by atoms with Crippen LogP contribution < -0.4 is 16.4 Å². The van der Waals surface area contributed by atoms with Crippen molar-refractivity contribution in [3.05, 3.63) is 81.9 Å². The SMILES string of the molecule is Cc1cc(F)ccc1-c1nc(NCCC(=O)NO)nc2c1ccc(=O)n2-c1c(F)cccc1F. The van der Waals surface area contributed by atoms with E-state index < -0.39 is 34.6 Å². The predicted molar refractivity (Wildman–Crippen MR) is 118 cm³/mol. The Labute approximate surface area is 190 Å². The predicted octanol–water partition coefficient (Wildman–Crippen LogP) is 3.48. The van der Waals surface area contributed by atoms with E-state index in [9.17, 15) is 22.8 Å². The molecule has 2 aromatic carbocycles. The van der Waals surface area contributed by atoms with Gasteiger partial charge < -0.3 is 5.32 Å². The lowest BCUT2D eigenvalue weighted by Gasteiger charge is -2.16. The molecule has 4 rings (SSSR count). The summed E-state index contributed by atoms with van der Waals surface area (Å²) >= 11 is 0. The van der Waals surface area contributed by atoms with Crippen LogP contribution in [0.15, 0.2) is 53.3 Å². The third-order valence-corrected chi connectivity index (χ3v) is 5.11. The van der Waals surface area contributed by atoms with Crippen LogP contribution in [0.4, 0.5) is 19.1 Å². The number of nitrogens with zero attached hydrogens (tertiary/aromatic N) is 3. The highest BCUT2D eigenvalue weighted by Gasteiger charge is 2.20. The highest BCUT2D eigenvalue weighted by molar-refractivity contribution is 5.93. The maximum atomic E-state index is 14.6. The highest BCUT2D eigenvalue weighted by atomic mass is 19.1. The molecule has 0 aliphatic carbocycles. The number of hydrogen-bond donors (Lipinski definition) is 3. The second kappa shape index (κ2) is 9.32. The standard InChI is InChI=1S/C23H18F3N5O3/c1-12-11-13(24)5-6-14(12)20-15-7-8-19(33)31(21-16(25)3-2-4-17(21)26)22(15)29-23(28-20)27-10-9-18(32)30-34/h2-8,11,34H,9-10H2,1H3,(H,30,32)(H,27,28,29). The van der Waals surface area contributed by atoms with Crippen LogP contribution in [0.25, 0.3) is 28.0 Å². The van der Waals surface area contributed by atoms with Gasteiger partial charge in [-0.3, -0.25) is 19.4 Å². The minimum absolute atomic E-state index is 0.00483. The molecule has 0 aliphatic rings. The largest absolute Gasteiger partial charge is 0.354 e. The number of aromatic nitrogens is 3. The highest BCUT2D eigenvalue weighted by Crippen LogP contribution is 2.31. The van der Waals surface area contributed by atoms with Gasteiger partial charge in [-0.25, -0.2) is 23.6 Å². The molecule has 0 bridgehead atoms. The summed E-state index contributed by atoms with van der Waals surface area (Å²) in [4.78, 5) is 32.8. The van der Waals surface area contributed by atoms with Crippen molar-refractivity contribution in [1.82, 2.24) is 20.0 Å². The second-order valence-electron chi connectivity index (χ2n) is 7.38. The fraction of sp³-hybridized carbons (Fsp3) is 0.130. The van der Waals surface area contributed by atoms with Gasteiger partial charge in [0.15, 0.2) is 5.65 Å². The van der Waals surface area contributed by atoms with E-state index in [2.05, 4.69) is 15.3 Å². The van der Waals surface area contributed by atoms with Gasteiger partial charge >= 0.3 is 0 Å². The summed E-state index contributed by atoms with van der Waals surface area (Å²) in [6.07, 6.45) is -0.133. The Morgan fingerprint density at radius 1 is 1.06 bits per heavy atom. The number of anilines is 1. The lowest BCUT2D eigenvalue weighted by Crippen LogP contribution is -2.23. The molecule has 2 aromatic heterocycles. The van der Waals surface area contributed by atoms with Crippen molar-refractivity contribution in [3.8, 4) is 16.9 Å². The first-order valence-electron chi connectivity index (χ1n) is 10.1. The van der Waals surface area contributed by atoms with E-state index in [1.54, 1.807) is 6.92 Å². The number of aryl methyl sites for hydroxylation is 1. The summed E-state index contributed by atoms with van der Waals surface area (Å²) in [6, 6.07) is 9.80. The molecule has 0 fully saturated rings. The van der Waals surface area contributed by atoms with E-state index in [0.717, 1.165) is 22.8 Å². The van der Waals surface area contributed by atoms with Gasteiger partial charge in [0.2, 0.25) is 11.9 Å². The third kappa shape index (κ3) is 4.33. The summed E-state index contributed by atoms with van der Waals surface area (Å²) in [5.41, 5.74) is 1.37. The number of benzene rings is 2. The van der Waals surface area contributed by atoms with E-state index in [4.69, 9.17) is 5.21 Å². The monoisotopic (exact) mass is 469 g/mol.